The fourth-order valence-electron chi connectivity index (χ4n) is 3.20. The maximum Gasteiger partial charge on any atom is 0.254 e. The van der Waals surface area contributed by atoms with E-state index >= 15 is 0 Å². The van der Waals surface area contributed by atoms with Crippen LogP contribution in [0.15, 0.2) is 65.6 Å². The number of aromatic nitrogens is 1. The van der Waals surface area contributed by atoms with Crippen molar-refractivity contribution in [3.63, 3.8) is 0 Å². The zero-order valence-corrected chi connectivity index (χ0v) is 14.5. The molecule has 0 radical (unpaired) electrons. The van der Waals surface area contributed by atoms with Crippen molar-refractivity contribution < 1.29 is 9.53 Å². The molecule has 3 heterocycles. The quantitative estimate of drug-likeness (QED) is 0.671. The van der Waals surface area contributed by atoms with Crippen LogP contribution in [0, 0.1) is 0 Å². The first-order chi connectivity index (χ1) is 12.3. The Morgan fingerprint density at radius 3 is 2.76 bits per heavy atom. The van der Waals surface area contributed by atoms with E-state index in [0.29, 0.717) is 17.1 Å². The maximum atomic E-state index is 12.9. The lowest BCUT2D eigenvalue weighted by atomic mass is 10.1. The SMILES string of the molecule is O=C(c1ccc(Oc2cccnc2)cc1)N1CCCC1c1ccsc1. The summed E-state index contributed by atoms with van der Waals surface area (Å²) in [7, 11) is 0. The number of rotatable bonds is 4. The lowest BCUT2D eigenvalue weighted by molar-refractivity contribution is 0.0736. The third-order valence-electron chi connectivity index (χ3n) is 4.41. The number of hydrogen-bond acceptors (Lipinski definition) is 4. The van der Waals surface area contributed by atoms with Crippen LogP contribution >= 0.6 is 11.3 Å². The van der Waals surface area contributed by atoms with Gasteiger partial charge in [-0.25, -0.2) is 0 Å². The average molecular weight is 350 g/mol. The fraction of sp³-hybridized carbons (Fsp3) is 0.200. The van der Waals surface area contributed by atoms with E-state index in [2.05, 4.69) is 21.8 Å². The van der Waals surface area contributed by atoms with Crippen molar-refractivity contribution in [2.45, 2.75) is 18.9 Å². The topological polar surface area (TPSA) is 42.4 Å². The van der Waals surface area contributed by atoms with E-state index in [1.165, 1.54) is 5.56 Å². The van der Waals surface area contributed by atoms with Crippen LogP contribution in [0.25, 0.3) is 0 Å². The van der Waals surface area contributed by atoms with E-state index in [1.807, 2.05) is 41.3 Å². The van der Waals surface area contributed by atoms with Gasteiger partial charge in [0, 0.05) is 18.3 Å². The number of carbonyl (C=O) groups excluding carboxylic acids is 1. The molecule has 1 aliphatic heterocycles. The molecule has 0 spiro atoms. The maximum absolute atomic E-state index is 12.9. The molecule has 3 aromatic rings. The minimum Gasteiger partial charge on any atom is -0.456 e. The van der Waals surface area contributed by atoms with Crippen LogP contribution in [0.5, 0.6) is 11.5 Å². The Labute approximate surface area is 150 Å². The van der Waals surface area contributed by atoms with Crippen LogP contribution in [0.2, 0.25) is 0 Å². The number of likely N-dealkylation sites (tertiary alicyclic amines) is 1. The summed E-state index contributed by atoms with van der Waals surface area (Å²) in [5.74, 6) is 1.46. The highest BCUT2D eigenvalue weighted by atomic mass is 32.1. The number of benzene rings is 1. The van der Waals surface area contributed by atoms with E-state index in [-0.39, 0.29) is 11.9 Å². The summed E-state index contributed by atoms with van der Waals surface area (Å²) in [4.78, 5) is 18.9. The zero-order chi connectivity index (χ0) is 17.1. The average Bonchev–Trinajstić information content (AvgIpc) is 3.34. The van der Waals surface area contributed by atoms with Crippen molar-refractivity contribution in [2.75, 3.05) is 6.54 Å². The molecule has 1 atom stereocenters. The fourth-order valence-corrected chi connectivity index (χ4v) is 3.90. The minimum absolute atomic E-state index is 0.0848. The van der Waals surface area contributed by atoms with Crippen molar-refractivity contribution in [2.24, 2.45) is 0 Å². The first kappa shape index (κ1) is 15.8. The molecule has 0 saturated carbocycles. The van der Waals surface area contributed by atoms with Gasteiger partial charge in [0.05, 0.1) is 12.2 Å². The molecule has 4 nitrogen and oxygen atoms in total. The lowest BCUT2D eigenvalue weighted by Gasteiger charge is -2.24. The molecular weight excluding hydrogens is 332 g/mol. The predicted octanol–water partition coefficient (Wildman–Crippen LogP) is 4.91. The van der Waals surface area contributed by atoms with Gasteiger partial charge in [-0.05, 0) is 71.6 Å². The Balaban J connectivity index is 1.49. The van der Waals surface area contributed by atoms with Gasteiger partial charge in [-0.2, -0.15) is 11.3 Å². The Hall–Kier alpha value is -2.66. The van der Waals surface area contributed by atoms with Gasteiger partial charge in [0.2, 0.25) is 0 Å². The molecule has 1 amide bonds. The van der Waals surface area contributed by atoms with Gasteiger partial charge in [0.25, 0.3) is 5.91 Å². The summed E-state index contributed by atoms with van der Waals surface area (Å²) in [6, 6.07) is 13.3. The van der Waals surface area contributed by atoms with E-state index in [0.717, 1.165) is 19.4 Å². The molecule has 0 N–H and O–H groups in total. The van der Waals surface area contributed by atoms with Crippen LogP contribution < -0.4 is 4.74 Å². The van der Waals surface area contributed by atoms with Crippen LogP contribution in [0.4, 0.5) is 0 Å². The number of thiophene rings is 1. The zero-order valence-electron chi connectivity index (χ0n) is 13.7. The van der Waals surface area contributed by atoms with Gasteiger partial charge >= 0.3 is 0 Å². The van der Waals surface area contributed by atoms with Gasteiger partial charge in [-0.3, -0.25) is 9.78 Å². The van der Waals surface area contributed by atoms with Crippen LogP contribution in [-0.4, -0.2) is 22.3 Å². The van der Waals surface area contributed by atoms with Crippen molar-refractivity contribution >= 4 is 17.2 Å². The normalized spacial score (nSPS) is 16.8. The summed E-state index contributed by atoms with van der Waals surface area (Å²) in [5, 5.41) is 4.21. The molecule has 0 bridgehead atoms. The summed E-state index contributed by atoms with van der Waals surface area (Å²) < 4.78 is 5.73. The second-order valence-corrected chi connectivity index (χ2v) is 6.81. The van der Waals surface area contributed by atoms with Gasteiger partial charge in [-0.1, -0.05) is 0 Å². The molecule has 25 heavy (non-hydrogen) atoms. The van der Waals surface area contributed by atoms with Gasteiger partial charge < -0.3 is 9.64 Å². The molecule has 4 rings (SSSR count). The second-order valence-electron chi connectivity index (χ2n) is 6.03. The molecular formula is C20H18N2O2S. The molecule has 2 aromatic heterocycles. The van der Waals surface area contributed by atoms with E-state index in [1.54, 1.807) is 23.7 Å². The standard InChI is InChI=1S/C20H18N2O2S/c23-20(22-11-2-4-19(22)16-9-12-25-14-16)15-5-7-17(8-6-15)24-18-3-1-10-21-13-18/h1,3,5-10,12-14,19H,2,4,11H2. The van der Waals surface area contributed by atoms with Gasteiger partial charge in [-0.15, -0.1) is 0 Å². The molecule has 126 valence electrons. The van der Waals surface area contributed by atoms with Gasteiger partial charge in [0.15, 0.2) is 0 Å². The second kappa shape index (κ2) is 7.07. The van der Waals surface area contributed by atoms with Crippen molar-refractivity contribution in [3.8, 4) is 11.5 Å². The molecule has 0 aliphatic carbocycles. The summed E-state index contributed by atoms with van der Waals surface area (Å²) in [5.41, 5.74) is 1.94. The highest BCUT2D eigenvalue weighted by Crippen LogP contribution is 2.34. The Bertz CT molecular complexity index is 832. The molecule has 1 saturated heterocycles. The van der Waals surface area contributed by atoms with Crippen molar-refractivity contribution in [1.82, 2.24) is 9.88 Å². The van der Waals surface area contributed by atoms with E-state index in [9.17, 15) is 4.79 Å². The first-order valence-corrected chi connectivity index (χ1v) is 9.26. The smallest absolute Gasteiger partial charge is 0.254 e. The Kier molecular flexibility index (Phi) is 4.48. The molecule has 5 heteroatoms. The number of pyridine rings is 1. The number of carbonyl (C=O) groups is 1. The van der Waals surface area contributed by atoms with E-state index in [4.69, 9.17) is 4.74 Å². The van der Waals surface area contributed by atoms with Crippen LogP contribution in [-0.2, 0) is 0 Å². The molecule has 1 unspecified atom stereocenters. The van der Waals surface area contributed by atoms with E-state index < -0.39 is 0 Å². The highest BCUT2D eigenvalue weighted by Gasteiger charge is 2.30. The summed E-state index contributed by atoms with van der Waals surface area (Å²) in [6.45, 7) is 0.813. The monoisotopic (exact) mass is 350 g/mol. The highest BCUT2D eigenvalue weighted by molar-refractivity contribution is 7.08. The van der Waals surface area contributed by atoms with Gasteiger partial charge in [0.1, 0.15) is 11.5 Å². The Morgan fingerprint density at radius 2 is 2.04 bits per heavy atom. The number of amides is 1. The third kappa shape index (κ3) is 3.42. The summed E-state index contributed by atoms with van der Waals surface area (Å²) in [6.07, 6.45) is 5.45. The lowest BCUT2D eigenvalue weighted by Crippen LogP contribution is -2.30. The number of hydrogen-bond donors (Lipinski definition) is 0. The summed E-state index contributed by atoms with van der Waals surface area (Å²) >= 11 is 1.68. The molecule has 1 aromatic carbocycles. The van der Waals surface area contributed by atoms with Crippen molar-refractivity contribution in [1.29, 1.82) is 0 Å². The first-order valence-electron chi connectivity index (χ1n) is 8.32. The number of ether oxygens (including phenoxy) is 1. The third-order valence-corrected chi connectivity index (χ3v) is 5.11. The molecule has 1 aliphatic rings. The largest absolute Gasteiger partial charge is 0.456 e. The van der Waals surface area contributed by atoms with Crippen LogP contribution in [0.3, 0.4) is 0 Å². The molecule has 1 fully saturated rings. The number of nitrogens with zero attached hydrogens (tertiary/aromatic N) is 2. The van der Waals surface area contributed by atoms with Crippen LogP contribution in [0.1, 0.15) is 34.8 Å². The minimum atomic E-state index is 0.0848. The predicted molar refractivity (Wildman–Crippen MR) is 98.1 cm³/mol. The Morgan fingerprint density at radius 1 is 1.16 bits per heavy atom. The van der Waals surface area contributed by atoms with Crippen molar-refractivity contribution in [3.05, 3.63) is 76.7 Å².